The van der Waals surface area contributed by atoms with Crippen molar-refractivity contribution in [3.05, 3.63) is 22.4 Å². The number of hydrogen-bond acceptors (Lipinski definition) is 3. The molecular formula is C8H14N4S. The summed E-state index contributed by atoms with van der Waals surface area (Å²) < 4.78 is 0. The topological polar surface area (TPSA) is 62.4 Å². The molecule has 0 saturated heterocycles. The molecular weight excluding hydrogens is 184 g/mol. The molecule has 0 saturated carbocycles. The first kappa shape index (κ1) is 10.0. The summed E-state index contributed by atoms with van der Waals surface area (Å²) in [5, 5.41) is 7.29. The van der Waals surface area contributed by atoms with E-state index in [0.29, 0.717) is 5.96 Å². The SMILES string of the molecule is CN=C(NN)NC(C)c1ccsc1. The molecule has 0 aromatic carbocycles. The first-order valence-electron chi connectivity index (χ1n) is 4.00. The molecule has 0 aliphatic heterocycles. The Morgan fingerprint density at radius 1 is 1.69 bits per heavy atom. The lowest BCUT2D eigenvalue weighted by Crippen LogP contribution is -2.42. The normalized spacial score (nSPS) is 13.9. The highest BCUT2D eigenvalue weighted by Gasteiger charge is 2.06. The maximum Gasteiger partial charge on any atom is 0.205 e. The molecule has 1 heterocycles. The highest BCUT2D eigenvalue weighted by Crippen LogP contribution is 2.14. The average Bonchev–Trinajstić information content (AvgIpc) is 2.66. The maximum atomic E-state index is 5.24. The standard InChI is InChI=1S/C8H14N4S/c1-6(7-3-4-13-5-7)11-8(10-2)12-9/h3-6H,9H2,1-2H3,(H2,10,11,12). The minimum absolute atomic E-state index is 0.223. The molecule has 0 bridgehead atoms. The Balaban J connectivity index is 2.55. The fourth-order valence-corrected chi connectivity index (χ4v) is 1.73. The highest BCUT2D eigenvalue weighted by molar-refractivity contribution is 7.07. The minimum atomic E-state index is 0.223. The largest absolute Gasteiger partial charge is 0.349 e. The van der Waals surface area contributed by atoms with E-state index in [1.54, 1.807) is 18.4 Å². The molecule has 4 nitrogen and oxygen atoms in total. The number of aliphatic imine (C=N–C) groups is 1. The Morgan fingerprint density at radius 3 is 2.92 bits per heavy atom. The molecule has 0 amide bonds. The third-order valence-electron chi connectivity index (χ3n) is 1.76. The third kappa shape index (κ3) is 2.71. The van der Waals surface area contributed by atoms with E-state index in [4.69, 9.17) is 5.84 Å². The number of hydrazine groups is 1. The van der Waals surface area contributed by atoms with Crippen LogP contribution < -0.4 is 16.6 Å². The van der Waals surface area contributed by atoms with E-state index in [9.17, 15) is 0 Å². The second kappa shape index (κ2) is 4.84. The zero-order valence-corrected chi connectivity index (χ0v) is 8.56. The number of hydrogen-bond donors (Lipinski definition) is 3. The number of rotatable bonds is 2. The van der Waals surface area contributed by atoms with Crippen molar-refractivity contribution < 1.29 is 0 Å². The van der Waals surface area contributed by atoms with E-state index < -0.39 is 0 Å². The van der Waals surface area contributed by atoms with Crippen molar-refractivity contribution in [2.24, 2.45) is 10.8 Å². The van der Waals surface area contributed by atoms with Crippen molar-refractivity contribution in [3.8, 4) is 0 Å². The van der Waals surface area contributed by atoms with Gasteiger partial charge in [0.05, 0.1) is 6.04 Å². The smallest absolute Gasteiger partial charge is 0.205 e. The third-order valence-corrected chi connectivity index (χ3v) is 2.46. The molecule has 0 fully saturated rings. The van der Waals surface area contributed by atoms with Gasteiger partial charge in [-0.1, -0.05) is 0 Å². The molecule has 1 atom stereocenters. The van der Waals surface area contributed by atoms with Crippen LogP contribution in [0.15, 0.2) is 21.8 Å². The summed E-state index contributed by atoms with van der Waals surface area (Å²) in [4.78, 5) is 3.93. The van der Waals surface area contributed by atoms with Gasteiger partial charge in [-0.2, -0.15) is 11.3 Å². The van der Waals surface area contributed by atoms with Crippen LogP contribution >= 0.6 is 11.3 Å². The van der Waals surface area contributed by atoms with Crippen molar-refractivity contribution in [1.29, 1.82) is 0 Å². The van der Waals surface area contributed by atoms with Crippen molar-refractivity contribution in [2.75, 3.05) is 7.05 Å². The minimum Gasteiger partial charge on any atom is -0.349 e. The lowest BCUT2D eigenvalue weighted by atomic mass is 10.2. The van der Waals surface area contributed by atoms with Gasteiger partial charge in [-0.3, -0.25) is 10.4 Å². The van der Waals surface area contributed by atoms with Crippen LogP contribution in [0, 0.1) is 0 Å². The van der Waals surface area contributed by atoms with E-state index in [1.807, 2.05) is 5.38 Å². The predicted octanol–water partition coefficient (Wildman–Crippen LogP) is 0.848. The summed E-state index contributed by atoms with van der Waals surface area (Å²) in [6.07, 6.45) is 0. The van der Waals surface area contributed by atoms with E-state index in [1.165, 1.54) is 5.56 Å². The van der Waals surface area contributed by atoms with Crippen LogP contribution in [0.3, 0.4) is 0 Å². The first-order chi connectivity index (χ1) is 6.27. The van der Waals surface area contributed by atoms with Crippen LogP contribution in [0.4, 0.5) is 0 Å². The van der Waals surface area contributed by atoms with Gasteiger partial charge in [0.2, 0.25) is 5.96 Å². The Labute approximate surface area is 81.8 Å². The number of nitrogens with zero attached hydrogens (tertiary/aromatic N) is 1. The van der Waals surface area contributed by atoms with Crippen molar-refractivity contribution >= 4 is 17.3 Å². The van der Waals surface area contributed by atoms with Gasteiger partial charge < -0.3 is 5.32 Å². The van der Waals surface area contributed by atoms with Gasteiger partial charge in [-0.25, -0.2) is 5.84 Å². The summed E-state index contributed by atoms with van der Waals surface area (Å²) in [6.45, 7) is 2.06. The molecule has 13 heavy (non-hydrogen) atoms. The lowest BCUT2D eigenvalue weighted by molar-refractivity contribution is 0.694. The lowest BCUT2D eigenvalue weighted by Gasteiger charge is -2.14. The highest BCUT2D eigenvalue weighted by atomic mass is 32.1. The summed E-state index contributed by atoms with van der Waals surface area (Å²) in [7, 11) is 1.68. The molecule has 1 unspecified atom stereocenters. The molecule has 0 spiro atoms. The fourth-order valence-electron chi connectivity index (χ4n) is 0.981. The molecule has 4 N–H and O–H groups in total. The number of nitrogens with two attached hydrogens (primary N) is 1. The number of nitrogens with one attached hydrogen (secondary N) is 2. The first-order valence-corrected chi connectivity index (χ1v) is 4.94. The predicted molar refractivity (Wildman–Crippen MR) is 56.6 cm³/mol. The van der Waals surface area contributed by atoms with Crippen molar-refractivity contribution in [1.82, 2.24) is 10.7 Å². The van der Waals surface area contributed by atoms with Gasteiger partial charge in [0.25, 0.3) is 0 Å². The van der Waals surface area contributed by atoms with Crippen molar-refractivity contribution in [3.63, 3.8) is 0 Å². The van der Waals surface area contributed by atoms with E-state index in [-0.39, 0.29) is 6.04 Å². The van der Waals surface area contributed by atoms with Crippen molar-refractivity contribution in [2.45, 2.75) is 13.0 Å². The second-order valence-electron chi connectivity index (χ2n) is 2.64. The Morgan fingerprint density at radius 2 is 2.46 bits per heavy atom. The quantitative estimate of drug-likeness (QED) is 0.286. The van der Waals surface area contributed by atoms with Gasteiger partial charge >= 0.3 is 0 Å². The maximum absolute atomic E-state index is 5.24. The van der Waals surface area contributed by atoms with E-state index in [2.05, 4.69) is 34.1 Å². The molecule has 1 rings (SSSR count). The molecule has 0 radical (unpaired) electrons. The Bertz CT molecular complexity index is 268. The van der Waals surface area contributed by atoms with Gasteiger partial charge in [0.15, 0.2) is 0 Å². The van der Waals surface area contributed by atoms with E-state index >= 15 is 0 Å². The molecule has 1 aromatic heterocycles. The van der Waals surface area contributed by atoms with Crippen LogP contribution in [0.5, 0.6) is 0 Å². The van der Waals surface area contributed by atoms with Gasteiger partial charge in [-0.05, 0) is 29.3 Å². The average molecular weight is 198 g/mol. The zero-order chi connectivity index (χ0) is 9.68. The Kier molecular flexibility index (Phi) is 3.72. The molecule has 5 heteroatoms. The van der Waals surface area contributed by atoms with Crippen LogP contribution in [-0.4, -0.2) is 13.0 Å². The second-order valence-corrected chi connectivity index (χ2v) is 3.42. The van der Waals surface area contributed by atoms with Crippen LogP contribution in [0.25, 0.3) is 0 Å². The molecule has 1 aromatic rings. The molecule has 0 aliphatic carbocycles. The molecule has 72 valence electrons. The van der Waals surface area contributed by atoms with Gasteiger partial charge in [-0.15, -0.1) is 0 Å². The van der Waals surface area contributed by atoms with Crippen LogP contribution in [-0.2, 0) is 0 Å². The summed E-state index contributed by atoms with van der Waals surface area (Å²) in [5.41, 5.74) is 3.72. The number of guanidine groups is 1. The zero-order valence-electron chi connectivity index (χ0n) is 7.74. The summed E-state index contributed by atoms with van der Waals surface area (Å²) in [6, 6.07) is 2.30. The summed E-state index contributed by atoms with van der Waals surface area (Å²) >= 11 is 1.68. The summed E-state index contributed by atoms with van der Waals surface area (Å²) in [5.74, 6) is 5.84. The van der Waals surface area contributed by atoms with Gasteiger partial charge in [0, 0.05) is 7.05 Å². The fraction of sp³-hybridized carbons (Fsp3) is 0.375. The monoisotopic (exact) mass is 198 g/mol. The molecule has 0 aliphatic rings. The van der Waals surface area contributed by atoms with Gasteiger partial charge in [0.1, 0.15) is 0 Å². The van der Waals surface area contributed by atoms with Crippen LogP contribution in [0.2, 0.25) is 0 Å². The van der Waals surface area contributed by atoms with Crippen LogP contribution in [0.1, 0.15) is 18.5 Å². The van der Waals surface area contributed by atoms with E-state index in [0.717, 1.165) is 0 Å². The number of thiophene rings is 1. The Hall–Kier alpha value is -1.07.